The number of hydrogen-bond donors (Lipinski definition) is 1. The number of nitrogens with zero attached hydrogens (tertiary/aromatic N) is 2. The van der Waals surface area contributed by atoms with Gasteiger partial charge in [-0.25, -0.2) is 0 Å². The molecule has 2 rings (SSSR count). The Morgan fingerprint density at radius 1 is 1.62 bits per heavy atom. The van der Waals surface area contributed by atoms with Crippen LogP contribution in [-0.2, 0) is 0 Å². The summed E-state index contributed by atoms with van der Waals surface area (Å²) in [7, 11) is 0. The molecule has 0 bridgehead atoms. The van der Waals surface area contributed by atoms with Crippen molar-refractivity contribution in [2.45, 2.75) is 13.0 Å². The van der Waals surface area contributed by atoms with Gasteiger partial charge in [-0.3, -0.25) is 0 Å². The molecule has 0 saturated heterocycles. The standard InChI is InChI=1S/C8H9N3OS/c1-5(9)8-10-7(11-12-8)6-3-2-4-13-6/h2-5H,9H2,1H3/t5-/m0/s1. The van der Waals surface area contributed by atoms with Crippen LogP contribution in [0.25, 0.3) is 10.7 Å². The molecular formula is C8H9N3OS. The zero-order chi connectivity index (χ0) is 9.26. The van der Waals surface area contributed by atoms with E-state index in [0.717, 1.165) is 4.88 Å². The predicted octanol–water partition coefficient (Wildman–Crippen LogP) is 1.82. The molecule has 1 atom stereocenters. The Labute approximate surface area is 79.4 Å². The molecule has 5 heteroatoms. The van der Waals surface area contributed by atoms with E-state index in [1.165, 1.54) is 0 Å². The number of aromatic nitrogens is 2. The molecule has 2 aromatic heterocycles. The third-order valence-electron chi connectivity index (χ3n) is 1.57. The van der Waals surface area contributed by atoms with Crippen molar-refractivity contribution in [1.82, 2.24) is 10.1 Å². The largest absolute Gasteiger partial charge is 0.337 e. The maximum Gasteiger partial charge on any atom is 0.243 e. The first-order chi connectivity index (χ1) is 6.27. The van der Waals surface area contributed by atoms with Gasteiger partial charge in [-0.1, -0.05) is 11.2 Å². The van der Waals surface area contributed by atoms with Gasteiger partial charge in [-0.2, -0.15) is 4.98 Å². The average Bonchev–Trinajstić information content (AvgIpc) is 2.75. The Balaban J connectivity index is 2.33. The van der Waals surface area contributed by atoms with Crippen LogP contribution in [0.3, 0.4) is 0 Å². The predicted molar refractivity (Wildman–Crippen MR) is 50.2 cm³/mol. The Morgan fingerprint density at radius 2 is 2.46 bits per heavy atom. The minimum atomic E-state index is -0.207. The second-order valence-corrected chi connectivity index (χ2v) is 3.67. The summed E-state index contributed by atoms with van der Waals surface area (Å²) >= 11 is 1.58. The highest BCUT2D eigenvalue weighted by Crippen LogP contribution is 2.22. The molecule has 2 heterocycles. The minimum Gasteiger partial charge on any atom is -0.337 e. The highest BCUT2D eigenvalue weighted by molar-refractivity contribution is 7.13. The maximum absolute atomic E-state index is 5.59. The lowest BCUT2D eigenvalue weighted by molar-refractivity contribution is 0.362. The summed E-state index contributed by atoms with van der Waals surface area (Å²) in [5.41, 5.74) is 5.59. The molecule has 0 aliphatic rings. The lowest BCUT2D eigenvalue weighted by Crippen LogP contribution is -2.04. The van der Waals surface area contributed by atoms with Gasteiger partial charge in [0.2, 0.25) is 11.7 Å². The van der Waals surface area contributed by atoms with E-state index in [0.29, 0.717) is 11.7 Å². The summed E-state index contributed by atoms with van der Waals surface area (Å²) in [5, 5.41) is 5.79. The number of nitrogens with two attached hydrogens (primary N) is 1. The van der Waals surface area contributed by atoms with E-state index in [1.54, 1.807) is 11.3 Å². The van der Waals surface area contributed by atoms with Crippen LogP contribution in [0.4, 0.5) is 0 Å². The summed E-state index contributed by atoms with van der Waals surface area (Å²) in [6, 6.07) is 3.68. The Kier molecular flexibility index (Phi) is 2.12. The van der Waals surface area contributed by atoms with Crippen LogP contribution >= 0.6 is 11.3 Å². The van der Waals surface area contributed by atoms with Crippen molar-refractivity contribution < 1.29 is 4.52 Å². The molecule has 0 spiro atoms. The van der Waals surface area contributed by atoms with Gasteiger partial charge in [0.1, 0.15) is 0 Å². The molecule has 13 heavy (non-hydrogen) atoms. The molecule has 0 saturated carbocycles. The second-order valence-electron chi connectivity index (χ2n) is 2.72. The Hall–Kier alpha value is -1.20. The summed E-state index contributed by atoms with van der Waals surface area (Å²) in [6.07, 6.45) is 0. The molecule has 0 radical (unpaired) electrons. The van der Waals surface area contributed by atoms with Crippen LogP contribution in [0.2, 0.25) is 0 Å². The third kappa shape index (κ3) is 1.61. The van der Waals surface area contributed by atoms with Crippen LogP contribution < -0.4 is 5.73 Å². The van der Waals surface area contributed by atoms with Crippen molar-refractivity contribution in [2.75, 3.05) is 0 Å². The fourth-order valence-corrected chi connectivity index (χ4v) is 1.58. The van der Waals surface area contributed by atoms with Crippen LogP contribution in [0.5, 0.6) is 0 Å². The fourth-order valence-electron chi connectivity index (χ4n) is 0.926. The zero-order valence-electron chi connectivity index (χ0n) is 7.10. The van der Waals surface area contributed by atoms with E-state index >= 15 is 0 Å². The zero-order valence-corrected chi connectivity index (χ0v) is 7.91. The smallest absolute Gasteiger partial charge is 0.243 e. The molecule has 0 unspecified atom stereocenters. The SMILES string of the molecule is C[C@H](N)c1nc(-c2cccs2)no1. The Morgan fingerprint density at radius 3 is 3.00 bits per heavy atom. The lowest BCUT2D eigenvalue weighted by atomic mass is 10.4. The van der Waals surface area contributed by atoms with Gasteiger partial charge in [-0.05, 0) is 18.4 Å². The monoisotopic (exact) mass is 195 g/mol. The quantitative estimate of drug-likeness (QED) is 0.793. The van der Waals surface area contributed by atoms with Crippen molar-refractivity contribution in [1.29, 1.82) is 0 Å². The normalized spacial score (nSPS) is 13.1. The molecule has 68 valence electrons. The molecule has 0 aromatic carbocycles. The van der Waals surface area contributed by atoms with E-state index in [1.807, 2.05) is 24.4 Å². The average molecular weight is 195 g/mol. The first-order valence-corrected chi connectivity index (χ1v) is 4.78. The van der Waals surface area contributed by atoms with Crippen molar-refractivity contribution in [3.05, 3.63) is 23.4 Å². The van der Waals surface area contributed by atoms with Gasteiger partial charge in [-0.15, -0.1) is 11.3 Å². The second kappa shape index (κ2) is 3.27. The lowest BCUT2D eigenvalue weighted by Gasteiger charge is -1.92. The van der Waals surface area contributed by atoms with E-state index in [4.69, 9.17) is 10.3 Å². The van der Waals surface area contributed by atoms with Crippen LogP contribution in [-0.4, -0.2) is 10.1 Å². The molecule has 2 aromatic rings. The fraction of sp³-hybridized carbons (Fsp3) is 0.250. The maximum atomic E-state index is 5.59. The number of hydrogen-bond acceptors (Lipinski definition) is 5. The number of thiophene rings is 1. The van der Waals surface area contributed by atoms with Gasteiger partial charge in [0.15, 0.2) is 0 Å². The van der Waals surface area contributed by atoms with Crippen molar-refractivity contribution >= 4 is 11.3 Å². The van der Waals surface area contributed by atoms with Crippen LogP contribution in [0, 0.1) is 0 Å². The van der Waals surface area contributed by atoms with E-state index < -0.39 is 0 Å². The molecule has 0 fully saturated rings. The summed E-state index contributed by atoms with van der Waals surface area (Å²) in [5.74, 6) is 1.09. The molecule has 0 aliphatic heterocycles. The first kappa shape index (κ1) is 8.40. The summed E-state index contributed by atoms with van der Waals surface area (Å²) in [4.78, 5) is 5.16. The molecule has 0 amide bonds. The highest BCUT2D eigenvalue weighted by Gasteiger charge is 2.11. The van der Waals surface area contributed by atoms with Crippen LogP contribution in [0.1, 0.15) is 18.9 Å². The summed E-state index contributed by atoms with van der Waals surface area (Å²) < 4.78 is 4.97. The van der Waals surface area contributed by atoms with Gasteiger partial charge < -0.3 is 10.3 Å². The van der Waals surface area contributed by atoms with Gasteiger partial charge in [0, 0.05) is 0 Å². The third-order valence-corrected chi connectivity index (χ3v) is 2.44. The van der Waals surface area contributed by atoms with E-state index in [-0.39, 0.29) is 6.04 Å². The Bertz CT molecular complexity index is 380. The van der Waals surface area contributed by atoms with Gasteiger partial charge >= 0.3 is 0 Å². The topological polar surface area (TPSA) is 64.9 Å². The first-order valence-electron chi connectivity index (χ1n) is 3.90. The molecule has 2 N–H and O–H groups in total. The van der Waals surface area contributed by atoms with Crippen molar-refractivity contribution in [3.8, 4) is 10.7 Å². The summed E-state index contributed by atoms with van der Waals surface area (Å²) in [6.45, 7) is 1.81. The highest BCUT2D eigenvalue weighted by atomic mass is 32.1. The van der Waals surface area contributed by atoms with Crippen molar-refractivity contribution in [2.24, 2.45) is 5.73 Å². The molecule has 0 aliphatic carbocycles. The van der Waals surface area contributed by atoms with Gasteiger partial charge in [0.05, 0.1) is 10.9 Å². The molecular weight excluding hydrogens is 186 g/mol. The van der Waals surface area contributed by atoms with Gasteiger partial charge in [0.25, 0.3) is 0 Å². The minimum absolute atomic E-state index is 0.207. The van der Waals surface area contributed by atoms with E-state index in [9.17, 15) is 0 Å². The van der Waals surface area contributed by atoms with E-state index in [2.05, 4.69) is 10.1 Å². The molecule has 4 nitrogen and oxygen atoms in total. The van der Waals surface area contributed by atoms with Crippen molar-refractivity contribution in [3.63, 3.8) is 0 Å². The number of rotatable bonds is 2. The van der Waals surface area contributed by atoms with Crippen LogP contribution in [0.15, 0.2) is 22.0 Å².